The van der Waals surface area contributed by atoms with Gasteiger partial charge in [-0.25, -0.2) is 15.0 Å². The number of hydrogen-bond acceptors (Lipinski definition) is 4. The van der Waals surface area contributed by atoms with Gasteiger partial charge in [0.1, 0.15) is 6.33 Å². The summed E-state index contributed by atoms with van der Waals surface area (Å²) in [6.07, 6.45) is 9.92. The van der Waals surface area contributed by atoms with E-state index in [1.165, 1.54) is 32.1 Å². The number of hydrogen-bond donors (Lipinski definition) is 1. The van der Waals surface area contributed by atoms with Crippen LogP contribution in [-0.4, -0.2) is 19.5 Å². The molecule has 1 aliphatic carbocycles. The first-order chi connectivity index (χ1) is 10.9. The Kier molecular flexibility index (Phi) is 3.46. The predicted octanol–water partition coefficient (Wildman–Crippen LogP) is 4.08. The number of benzene rings is 1. The van der Waals surface area contributed by atoms with Crippen LogP contribution in [0, 0.1) is 0 Å². The smallest absolute Gasteiger partial charge is 0.165 e. The number of fused-ring (bicyclic) bond motifs is 1. The first-order valence-electron chi connectivity index (χ1n) is 7.91. The number of nitrogens with one attached hydrogen (secondary N) is 1. The van der Waals surface area contributed by atoms with Crippen molar-refractivity contribution in [3.05, 3.63) is 43.0 Å². The Hall–Kier alpha value is -2.43. The van der Waals surface area contributed by atoms with Crippen molar-refractivity contribution >= 4 is 22.7 Å². The lowest BCUT2D eigenvalue weighted by molar-refractivity contribution is 0.358. The van der Waals surface area contributed by atoms with Crippen LogP contribution < -0.4 is 5.32 Å². The molecule has 0 saturated heterocycles. The van der Waals surface area contributed by atoms with Gasteiger partial charge in [0, 0.05) is 11.7 Å². The highest BCUT2D eigenvalue weighted by molar-refractivity contribution is 5.85. The molecule has 0 radical (unpaired) electrons. The Morgan fingerprint density at radius 1 is 0.955 bits per heavy atom. The highest BCUT2D eigenvalue weighted by atomic mass is 15.2. The van der Waals surface area contributed by atoms with Crippen LogP contribution in [0.2, 0.25) is 0 Å². The highest BCUT2D eigenvalue weighted by Gasteiger charge is 2.19. The van der Waals surface area contributed by atoms with Crippen molar-refractivity contribution < 1.29 is 0 Å². The second-order valence-corrected chi connectivity index (χ2v) is 5.83. The second kappa shape index (κ2) is 5.75. The SMILES string of the molecule is c1ccc(Nc2ncnc3c2ncn3C2CCCCC2)cc1. The van der Waals surface area contributed by atoms with E-state index < -0.39 is 0 Å². The summed E-state index contributed by atoms with van der Waals surface area (Å²) >= 11 is 0. The molecule has 0 bridgehead atoms. The topological polar surface area (TPSA) is 55.6 Å². The maximum absolute atomic E-state index is 4.57. The molecule has 22 heavy (non-hydrogen) atoms. The van der Waals surface area contributed by atoms with Crippen LogP contribution in [0.15, 0.2) is 43.0 Å². The standard InChI is InChI=1S/C17H19N5/c1-3-7-13(8-4-1)21-16-15-17(19-11-18-16)22(12-20-15)14-9-5-2-6-10-14/h1,3-4,7-8,11-12,14H,2,5-6,9-10H2,(H,18,19,21). The normalized spacial score (nSPS) is 16.0. The first-order valence-corrected chi connectivity index (χ1v) is 7.91. The minimum Gasteiger partial charge on any atom is -0.338 e. The molecular weight excluding hydrogens is 274 g/mol. The minimum absolute atomic E-state index is 0.526. The van der Waals surface area contributed by atoms with Crippen LogP contribution in [-0.2, 0) is 0 Å². The maximum atomic E-state index is 4.57. The molecule has 4 rings (SSSR count). The molecule has 0 unspecified atom stereocenters. The number of rotatable bonds is 3. The van der Waals surface area contributed by atoms with Gasteiger partial charge in [-0.15, -0.1) is 0 Å². The summed E-state index contributed by atoms with van der Waals surface area (Å²) in [6.45, 7) is 0. The molecule has 5 heteroatoms. The maximum Gasteiger partial charge on any atom is 0.165 e. The van der Waals surface area contributed by atoms with Gasteiger partial charge < -0.3 is 9.88 Å². The van der Waals surface area contributed by atoms with E-state index in [-0.39, 0.29) is 0 Å². The van der Waals surface area contributed by atoms with Crippen LogP contribution in [0.5, 0.6) is 0 Å². The fraction of sp³-hybridized carbons (Fsp3) is 0.353. The van der Waals surface area contributed by atoms with Crippen molar-refractivity contribution in [3.63, 3.8) is 0 Å². The van der Waals surface area contributed by atoms with Crippen LogP contribution in [0.3, 0.4) is 0 Å². The van der Waals surface area contributed by atoms with E-state index in [9.17, 15) is 0 Å². The molecule has 1 aliphatic rings. The molecule has 112 valence electrons. The predicted molar refractivity (Wildman–Crippen MR) is 87.2 cm³/mol. The molecular formula is C17H19N5. The van der Waals surface area contributed by atoms with Gasteiger partial charge in [0.15, 0.2) is 17.0 Å². The fourth-order valence-electron chi connectivity index (χ4n) is 3.23. The molecule has 3 aromatic rings. The van der Waals surface area contributed by atoms with E-state index in [1.807, 2.05) is 36.7 Å². The van der Waals surface area contributed by atoms with Gasteiger partial charge in [0.2, 0.25) is 0 Å². The van der Waals surface area contributed by atoms with Gasteiger partial charge in [-0.05, 0) is 25.0 Å². The number of nitrogens with zero attached hydrogens (tertiary/aromatic N) is 4. The van der Waals surface area contributed by atoms with Crippen LogP contribution in [0.25, 0.3) is 11.2 Å². The summed E-state index contributed by atoms with van der Waals surface area (Å²) in [4.78, 5) is 13.4. The Labute approximate surface area is 129 Å². The van der Waals surface area contributed by atoms with Gasteiger partial charge >= 0.3 is 0 Å². The van der Waals surface area contributed by atoms with E-state index in [1.54, 1.807) is 6.33 Å². The van der Waals surface area contributed by atoms with E-state index in [4.69, 9.17) is 0 Å². The van der Waals surface area contributed by atoms with Gasteiger partial charge in [-0.2, -0.15) is 0 Å². The average Bonchev–Trinajstić information content (AvgIpc) is 3.02. The Balaban J connectivity index is 1.70. The zero-order valence-corrected chi connectivity index (χ0v) is 12.4. The number of aromatic nitrogens is 4. The first kappa shape index (κ1) is 13.2. The van der Waals surface area contributed by atoms with Gasteiger partial charge in [-0.1, -0.05) is 37.5 Å². The molecule has 1 N–H and O–H groups in total. The van der Waals surface area contributed by atoms with Crippen molar-refractivity contribution in [1.82, 2.24) is 19.5 Å². The number of imidazole rings is 1. The summed E-state index contributed by atoms with van der Waals surface area (Å²) in [6, 6.07) is 10.6. The van der Waals surface area contributed by atoms with E-state index in [0.29, 0.717) is 6.04 Å². The molecule has 1 aromatic carbocycles. The molecule has 5 nitrogen and oxygen atoms in total. The monoisotopic (exact) mass is 293 g/mol. The summed E-state index contributed by atoms with van der Waals surface area (Å²) in [7, 11) is 0. The van der Waals surface area contributed by atoms with Gasteiger partial charge in [0.05, 0.1) is 6.33 Å². The molecule has 0 aliphatic heterocycles. The molecule has 1 saturated carbocycles. The van der Waals surface area contributed by atoms with Crippen molar-refractivity contribution in [2.24, 2.45) is 0 Å². The number of para-hydroxylation sites is 1. The largest absolute Gasteiger partial charge is 0.338 e. The van der Waals surface area contributed by atoms with E-state index in [2.05, 4.69) is 24.8 Å². The highest BCUT2D eigenvalue weighted by Crippen LogP contribution is 2.31. The van der Waals surface area contributed by atoms with Crippen molar-refractivity contribution in [3.8, 4) is 0 Å². The van der Waals surface area contributed by atoms with E-state index in [0.717, 1.165) is 22.7 Å². The lowest BCUT2D eigenvalue weighted by Crippen LogP contribution is -2.12. The Morgan fingerprint density at radius 3 is 2.59 bits per heavy atom. The molecule has 0 spiro atoms. The lowest BCUT2D eigenvalue weighted by atomic mass is 9.95. The third-order valence-electron chi connectivity index (χ3n) is 4.36. The third-order valence-corrected chi connectivity index (χ3v) is 4.36. The van der Waals surface area contributed by atoms with Crippen LogP contribution in [0.1, 0.15) is 38.1 Å². The summed E-state index contributed by atoms with van der Waals surface area (Å²) < 4.78 is 2.23. The average molecular weight is 293 g/mol. The summed E-state index contributed by atoms with van der Waals surface area (Å²) in [5.74, 6) is 0.769. The number of anilines is 2. The van der Waals surface area contributed by atoms with E-state index >= 15 is 0 Å². The molecule has 1 fully saturated rings. The van der Waals surface area contributed by atoms with Gasteiger partial charge in [0.25, 0.3) is 0 Å². The molecule has 0 amide bonds. The Morgan fingerprint density at radius 2 is 1.77 bits per heavy atom. The zero-order chi connectivity index (χ0) is 14.8. The zero-order valence-electron chi connectivity index (χ0n) is 12.4. The van der Waals surface area contributed by atoms with Crippen LogP contribution >= 0.6 is 0 Å². The summed E-state index contributed by atoms with van der Waals surface area (Å²) in [5, 5.41) is 3.34. The van der Waals surface area contributed by atoms with Crippen molar-refractivity contribution in [2.45, 2.75) is 38.1 Å². The quantitative estimate of drug-likeness (QED) is 0.790. The molecule has 2 aromatic heterocycles. The Bertz CT molecular complexity index is 759. The minimum atomic E-state index is 0.526. The lowest BCUT2D eigenvalue weighted by Gasteiger charge is -2.23. The second-order valence-electron chi connectivity index (χ2n) is 5.83. The third kappa shape index (κ3) is 2.43. The van der Waals surface area contributed by atoms with Crippen molar-refractivity contribution in [2.75, 3.05) is 5.32 Å². The fourth-order valence-corrected chi connectivity index (χ4v) is 3.23. The molecule has 2 heterocycles. The van der Waals surface area contributed by atoms with Gasteiger partial charge in [-0.3, -0.25) is 0 Å². The summed E-state index contributed by atoms with van der Waals surface area (Å²) in [5.41, 5.74) is 2.78. The van der Waals surface area contributed by atoms with Crippen molar-refractivity contribution in [1.29, 1.82) is 0 Å². The molecule has 0 atom stereocenters. The van der Waals surface area contributed by atoms with Crippen LogP contribution in [0.4, 0.5) is 11.5 Å².